The average Bonchev–Trinajstić information content (AvgIpc) is 2.82. The summed E-state index contributed by atoms with van der Waals surface area (Å²) in [6.07, 6.45) is 9.19. The van der Waals surface area contributed by atoms with Crippen LogP contribution in [0.15, 0.2) is 59.5 Å². The quantitative estimate of drug-likeness (QED) is 0.182. The first-order valence-corrected chi connectivity index (χ1v) is 12.8. The lowest BCUT2D eigenvalue weighted by Gasteiger charge is -2.14. The summed E-state index contributed by atoms with van der Waals surface area (Å²) in [5.74, 6) is 0.533. The van der Waals surface area contributed by atoms with Crippen LogP contribution in [0.5, 0.6) is 5.75 Å². The number of benzene rings is 2. The van der Waals surface area contributed by atoms with Crippen molar-refractivity contribution in [3.8, 4) is 5.75 Å². The van der Waals surface area contributed by atoms with Gasteiger partial charge in [-0.15, -0.1) is 0 Å². The van der Waals surface area contributed by atoms with Gasteiger partial charge in [0, 0.05) is 6.08 Å². The second kappa shape index (κ2) is 15.2. The molecule has 2 rings (SSSR count). The molecule has 0 radical (unpaired) electrons. The van der Waals surface area contributed by atoms with E-state index in [1.165, 1.54) is 25.0 Å². The molecular formula is C26H36O6S. The summed E-state index contributed by atoms with van der Waals surface area (Å²) < 4.78 is 40.9. The first-order valence-electron chi connectivity index (χ1n) is 11.3. The van der Waals surface area contributed by atoms with Crippen molar-refractivity contribution in [3.63, 3.8) is 0 Å². The van der Waals surface area contributed by atoms with Crippen LogP contribution in [0, 0.1) is 0 Å². The van der Waals surface area contributed by atoms with E-state index in [9.17, 15) is 13.2 Å². The van der Waals surface area contributed by atoms with E-state index in [-0.39, 0.29) is 17.0 Å². The molecule has 2 aromatic carbocycles. The van der Waals surface area contributed by atoms with Crippen molar-refractivity contribution in [1.82, 2.24) is 0 Å². The Morgan fingerprint density at radius 3 is 2.21 bits per heavy atom. The molecule has 0 heterocycles. The van der Waals surface area contributed by atoms with E-state index in [1.807, 2.05) is 31.2 Å². The zero-order chi connectivity index (χ0) is 24.7. The highest BCUT2D eigenvalue weighted by Crippen LogP contribution is 2.15. The number of methoxy groups -OCH3 is 1. The molecule has 1 N–H and O–H groups in total. The number of carbonyl (C=O) groups excluding carboxylic acids is 1. The smallest absolute Gasteiger partial charge is 0.331 e. The molecule has 2 aromatic rings. The third kappa shape index (κ3) is 11.2. The Kier molecular flexibility index (Phi) is 13.1. The number of rotatable bonds is 11. The first kappa shape index (κ1) is 28.4. The topological polar surface area (TPSA) is 89.9 Å². The lowest BCUT2D eigenvalue weighted by Crippen LogP contribution is -2.15. The van der Waals surface area contributed by atoms with E-state index < -0.39 is 10.1 Å². The molecule has 0 saturated carbocycles. The summed E-state index contributed by atoms with van der Waals surface area (Å²) in [6.45, 7) is 6.06. The third-order valence-electron chi connectivity index (χ3n) is 5.03. The van der Waals surface area contributed by atoms with Gasteiger partial charge in [0.05, 0.1) is 12.0 Å². The largest absolute Gasteiger partial charge is 0.497 e. The first-order chi connectivity index (χ1) is 15.7. The maximum atomic E-state index is 11.8. The van der Waals surface area contributed by atoms with Gasteiger partial charge in [-0.1, -0.05) is 63.9 Å². The zero-order valence-electron chi connectivity index (χ0n) is 20.0. The molecule has 33 heavy (non-hydrogen) atoms. The monoisotopic (exact) mass is 476 g/mol. The Bertz CT molecular complexity index is 965. The summed E-state index contributed by atoms with van der Waals surface area (Å²) in [5, 5.41) is 0. The lowest BCUT2D eigenvalue weighted by molar-refractivity contribution is -0.143. The van der Waals surface area contributed by atoms with E-state index in [2.05, 4.69) is 13.8 Å². The fourth-order valence-electron chi connectivity index (χ4n) is 3.10. The third-order valence-corrected chi connectivity index (χ3v) is 5.98. The molecule has 6 nitrogen and oxygen atoms in total. The number of hydrogen-bond donors (Lipinski definition) is 1. The van der Waals surface area contributed by atoms with Gasteiger partial charge in [0.1, 0.15) is 11.9 Å². The molecular weight excluding hydrogens is 440 g/mol. The average molecular weight is 477 g/mol. The van der Waals surface area contributed by atoms with E-state index in [0.717, 1.165) is 30.6 Å². The van der Waals surface area contributed by atoms with Crippen molar-refractivity contribution in [2.75, 3.05) is 7.11 Å². The second-order valence-electron chi connectivity index (χ2n) is 7.51. The summed E-state index contributed by atoms with van der Waals surface area (Å²) >= 11 is 0. The van der Waals surface area contributed by atoms with Crippen LogP contribution in [-0.4, -0.2) is 32.2 Å². The fraction of sp³-hybridized carbons (Fsp3) is 0.423. The maximum absolute atomic E-state index is 11.8. The van der Waals surface area contributed by atoms with Crippen molar-refractivity contribution in [1.29, 1.82) is 0 Å². The van der Waals surface area contributed by atoms with E-state index in [1.54, 1.807) is 31.4 Å². The predicted octanol–water partition coefficient (Wildman–Crippen LogP) is 6.11. The van der Waals surface area contributed by atoms with Gasteiger partial charge in [-0.05, 0) is 61.1 Å². The molecule has 7 heteroatoms. The molecule has 0 aliphatic rings. The van der Waals surface area contributed by atoms with Crippen LogP contribution in [-0.2, 0) is 26.1 Å². The molecule has 0 amide bonds. The van der Waals surface area contributed by atoms with Gasteiger partial charge in [0.25, 0.3) is 10.1 Å². The van der Waals surface area contributed by atoms with E-state index in [0.29, 0.717) is 12.0 Å². The van der Waals surface area contributed by atoms with Gasteiger partial charge in [0.15, 0.2) is 0 Å². The van der Waals surface area contributed by atoms with Crippen LogP contribution in [0.25, 0.3) is 6.08 Å². The molecule has 182 valence electrons. The number of aryl methyl sites for hydroxylation is 1. The standard InChI is InChI=1S/C18H26O3.C8H10O3S/c1-4-6-7-8-16(5-2)21-18(19)14-11-15-9-12-17(20-3)13-10-15;1-2-7-5-3-4-6-8(7)12(9,10)11/h9-14,16H,4-8H2,1-3H3;3-6H,2H2,1H3,(H,9,10,11). The van der Waals surface area contributed by atoms with Crippen LogP contribution in [0.1, 0.15) is 64.0 Å². The van der Waals surface area contributed by atoms with Crippen LogP contribution >= 0.6 is 0 Å². The minimum absolute atomic E-state index is 0.00694. The Morgan fingerprint density at radius 2 is 1.70 bits per heavy atom. The van der Waals surface area contributed by atoms with Gasteiger partial charge < -0.3 is 9.47 Å². The van der Waals surface area contributed by atoms with Crippen molar-refractivity contribution in [2.24, 2.45) is 0 Å². The summed E-state index contributed by atoms with van der Waals surface area (Å²) in [6, 6.07) is 13.9. The number of carbonyl (C=O) groups is 1. The number of ether oxygens (including phenoxy) is 2. The highest BCUT2D eigenvalue weighted by molar-refractivity contribution is 7.85. The SMILES string of the molecule is CCCCCC(CC)OC(=O)C=Cc1ccc(OC)cc1.CCc1ccccc1S(=O)(=O)O. The molecule has 0 spiro atoms. The minimum Gasteiger partial charge on any atom is -0.497 e. The van der Waals surface area contributed by atoms with E-state index in [4.69, 9.17) is 14.0 Å². The summed E-state index contributed by atoms with van der Waals surface area (Å²) in [5.41, 5.74) is 1.59. The van der Waals surface area contributed by atoms with Gasteiger partial charge in [-0.3, -0.25) is 4.55 Å². The summed E-state index contributed by atoms with van der Waals surface area (Å²) in [4.78, 5) is 11.8. The van der Waals surface area contributed by atoms with Gasteiger partial charge in [-0.25, -0.2) is 4.79 Å². The molecule has 0 fully saturated rings. The normalized spacial score (nSPS) is 12.0. The van der Waals surface area contributed by atoms with Crippen LogP contribution in [0.2, 0.25) is 0 Å². The number of esters is 1. The van der Waals surface area contributed by atoms with Crippen LogP contribution in [0.4, 0.5) is 0 Å². The van der Waals surface area contributed by atoms with Crippen LogP contribution < -0.4 is 4.74 Å². The maximum Gasteiger partial charge on any atom is 0.331 e. The molecule has 0 aliphatic heterocycles. The second-order valence-corrected chi connectivity index (χ2v) is 8.90. The summed E-state index contributed by atoms with van der Waals surface area (Å²) in [7, 11) is -2.41. The van der Waals surface area contributed by atoms with Crippen molar-refractivity contribution >= 4 is 22.2 Å². The molecule has 0 saturated heterocycles. The molecule has 0 aromatic heterocycles. The lowest BCUT2D eigenvalue weighted by atomic mass is 10.1. The van der Waals surface area contributed by atoms with Gasteiger partial charge in [0.2, 0.25) is 0 Å². The molecule has 0 aliphatic carbocycles. The van der Waals surface area contributed by atoms with Gasteiger partial charge in [-0.2, -0.15) is 8.42 Å². The minimum atomic E-state index is -4.05. The number of hydrogen-bond acceptors (Lipinski definition) is 5. The Balaban J connectivity index is 0.000000383. The van der Waals surface area contributed by atoms with Gasteiger partial charge >= 0.3 is 5.97 Å². The van der Waals surface area contributed by atoms with Crippen molar-refractivity contribution in [2.45, 2.75) is 70.3 Å². The Labute approximate surface area is 198 Å². The van der Waals surface area contributed by atoms with Crippen LogP contribution in [0.3, 0.4) is 0 Å². The predicted molar refractivity (Wildman–Crippen MR) is 132 cm³/mol. The Hall–Kier alpha value is -2.64. The highest BCUT2D eigenvalue weighted by Gasteiger charge is 2.12. The number of unbranched alkanes of at least 4 members (excludes halogenated alkanes) is 2. The fourth-order valence-corrected chi connectivity index (χ4v) is 3.89. The molecule has 1 unspecified atom stereocenters. The zero-order valence-corrected chi connectivity index (χ0v) is 20.8. The van der Waals surface area contributed by atoms with E-state index >= 15 is 0 Å². The highest BCUT2D eigenvalue weighted by atomic mass is 32.2. The molecule has 0 bridgehead atoms. The Morgan fingerprint density at radius 1 is 1.03 bits per heavy atom. The van der Waals surface area contributed by atoms with Crippen molar-refractivity contribution < 1.29 is 27.2 Å². The molecule has 1 atom stereocenters. The van der Waals surface area contributed by atoms with Crippen molar-refractivity contribution in [3.05, 3.63) is 65.7 Å².